The summed E-state index contributed by atoms with van der Waals surface area (Å²) in [7, 11) is 0. The van der Waals surface area contributed by atoms with E-state index in [1.54, 1.807) is 12.1 Å². The number of halogens is 1. The fraction of sp³-hybridized carbons (Fsp3) is 0.0435. The van der Waals surface area contributed by atoms with Crippen molar-refractivity contribution in [3.63, 3.8) is 0 Å². The van der Waals surface area contributed by atoms with Gasteiger partial charge in [-0.15, -0.1) is 0 Å². The lowest BCUT2D eigenvalue weighted by molar-refractivity contribution is -0.123. The summed E-state index contributed by atoms with van der Waals surface area (Å²) in [4.78, 5) is 12.1. The number of carbonyl (C=O) groups excluding carboxylic acids is 1. The van der Waals surface area contributed by atoms with Crippen molar-refractivity contribution in [1.29, 1.82) is 0 Å². The molecule has 3 aromatic rings. The molecule has 0 saturated heterocycles. The van der Waals surface area contributed by atoms with E-state index in [4.69, 9.17) is 4.74 Å². The Morgan fingerprint density at radius 1 is 0.929 bits per heavy atom. The minimum atomic E-state index is -0.329. The molecule has 0 fully saturated rings. The Balaban J connectivity index is 1.67. The Labute approximate surface area is 172 Å². The molecular weight excluding hydrogens is 416 g/mol. The van der Waals surface area contributed by atoms with Crippen molar-refractivity contribution in [3.8, 4) is 5.75 Å². The number of hydrazone groups is 1. The largest absolute Gasteiger partial charge is 0.484 e. The predicted molar refractivity (Wildman–Crippen MR) is 116 cm³/mol. The predicted octanol–water partition coefficient (Wildman–Crippen LogP) is 5.06. The maximum Gasteiger partial charge on any atom is 0.277 e. The molecule has 0 aliphatic carbocycles. The molecule has 0 saturated carbocycles. The van der Waals surface area contributed by atoms with Gasteiger partial charge in [0.25, 0.3) is 5.91 Å². The summed E-state index contributed by atoms with van der Waals surface area (Å²) < 4.78 is 6.42. The summed E-state index contributed by atoms with van der Waals surface area (Å²) in [5.74, 6) is 0.291. The molecule has 1 amide bonds. The molecule has 0 spiro atoms. The van der Waals surface area contributed by atoms with Gasteiger partial charge >= 0.3 is 0 Å². The molecule has 5 heteroatoms. The molecule has 0 heterocycles. The van der Waals surface area contributed by atoms with Crippen LogP contribution in [-0.4, -0.2) is 18.2 Å². The highest BCUT2D eigenvalue weighted by Gasteiger charge is 2.04. The first-order valence-corrected chi connectivity index (χ1v) is 9.53. The van der Waals surface area contributed by atoms with E-state index in [1.165, 1.54) is 0 Å². The first-order chi connectivity index (χ1) is 13.7. The van der Waals surface area contributed by atoms with Gasteiger partial charge in [0.2, 0.25) is 0 Å². The molecule has 3 aromatic carbocycles. The number of ether oxygens (including phenoxy) is 1. The Morgan fingerprint density at radius 3 is 2.25 bits per heavy atom. The zero-order valence-electron chi connectivity index (χ0n) is 15.1. The zero-order chi connectivity index (χ0) is 19.6. The van der Waals surface area contributed by atoms with Crippen LogP contribution in [0.4, 0.5) is 0 Å². The minimum absolute atomic E-state index is 0.115. The van der Waals surface area contributed by atoms with E-state index in [0.717, 1.165) is 15.6 Å². The highest BCUT2D eigenvalue weighted by molar-refractivity contribution is 9.10. The van der Waals surface area contributed by atoms with Crippen LogP contribution in [0, 0.1) is 0 Å². The average Bonchev–Trinajstić information content (AvgIpc) is 2.75. The molecule has 3 rings (SSSR count). The van der Waals surface area contributed by atoms with Crippen LogP contribution < -0.4 is 10.2 Å². The van der Waals surface area contributed by atoms with Crippen molar-refractivity contribution < 1.29 is 9.53 Å². The van der Waals surface area contributed by atoms with Crippen molar-refractivity contribution in [3.05, 3.63) is 107 Å². The monoisotopic (exact) mass is 434 g/mol. The highest BCUT2D eigenvalue weighted by Crippen LogP contribution is 2.15. The second kappa shape index (κ2) is 10.2. The van der Waals surface area contributed by atoms with Crippen molar-refractivity contribution in [2.24, 2.45) is 5.10 Å². The first-order valence-electron chi connectivity index (χ1n) is 8.74. The van der Waals surface area contributed by atoms with Crippen LogP contribution in [0.2, 0.25) is 0 Å². The molecule has 28 heavy (non-hydrogen) atoms. The molecule has 0 aliphatic heterocycles. The van der Waals surface area contributed by atoms with Crippen molar-refractivity contribution >= 4 is 33.6 Å². The SMILES string of the molecule is O=C(COc1ccc(Br)cc1)NN=C(/C=C\c1ccccc1)c1ccccc1. The normalized spacial score (nSPS) is 11.4. The maximum absolute atomic E-state index is 12.1. The van der Waals surface area contributed by atoms with Crippen LogP contribution >= 0.6 is 15.9 Å². The van der Waals surface area contributed by atoms with Crippen molar-refractivity contribution in [1.82, 2.24) is 5.43 Å². The average molecular weight is 435 g/mol. The van der Waals surface area contributed by atoms with E-state index < -0.39 is 0 Å². The highest BCUT2D eigenvalue weighted by atomic mass is 79.9. The third-order valence-corrected chi connectivity index (χ3v) is 4.32. The third-order valence-electron chi connectivity index (χ3n) is 3.79. The van der Waals surface area contributed by atoms with Crippen LogP contribution in [0.25, 0.3) is 6.08 Å². The molecule has 4 nitrogen and oxygen atoms in total. The number of allylic oxidation sites excluding steroid dienone is 1. The molecule has 1 N–H and O–H groups in total. The number of rotatable bonds is 7. The Kier molecular flexibility index (Phi) is 7.15. The van der Waals surface area contributed by atoms with Gasteiger partial charge in [-0.25, -0.2) is 5.43 Å². The summed E-state index contributed by atoms with van der Waals surface area (Å²) in [5, 5.41) is 4.28. The lowest BCUT2D eigenvalue weighted by Gasteiger charge is -2.06. The lowest BCUT2D eigenvalue weighted by atomic mass is 10.1. The molecule has 0 bridgehead atoms. The molecule has 140 valence electrons. The second-order valence-corrected chi connectivity index (χ2v) is 6.80. The smallest absolute Gasteiger partial charge is 0.277 e. The van der Waals surface area contributed by atoms with Gasteiger partial charge in [-0.2, -0.15) is 5.10 Å². The Bertz CT molecular complexity index is 953. The summed E-state index contributed by atoms with van der Waals surface area (Å²) >= 11 is 3.36. The number of amides is 1. The van der Waals surface area contributed by atoms with Crippen molar-refractivity contribution in [2.75, 3.05) is 6.61 Å². The number of nitrogens with one attached hydrogen (secondary N) is 1. The number of hydrogen-bond donors (Lipinski definition) is 1. The second-order valence-electron chi connectivity index (χ2n) is 5.88. The van der Waals surface area contributed by atoms with Gasteiger partial charge in [0.15, 0.2) is 6.61 Å². The molecule has 0 unspecified atom stereocenters. The van der Waals surface area contributed by atoms with E-state index >= 15 is 0 Å². The zero-order valence-corrected chi connectivity index (χ0v) is 16.7. The Morgan fingerprint density at radius 2 is 1.57 bits per heavy atom. The van der Waals surface area contributed by atoms with Gasteiger partial charge in [-0.05, 0) is 35.9 Å². The molecular formula is C23H19BrN2O2. The van der Waals surface area contributed by atoms with Gasteiger partial charge < -0.3 is 4.74 Å². The van der Waals surface area contributed by atoms with Crippen LogP contribution in [0.1, 0.15) is 11.1 Å². The van der Waals surface area contributed by atoms with Crippen LogP contribution in [-0.2, 0) is 4.79 Å². The van der Waals surface area contributed by atoms with Crippen LogP contribution in [0.15, 0.2) is 101 Å². The van der Waals surface area contributed by atoms with E-state index in [-0.39, 0.29) is 12.5 Å². The number of nitrogens with zero attached hydrogens (tertiary/aromatic N) is 1. The van der Waals surface area contributed by atoms with Gasteiger partial charge in [0.05, 0.1) is 5.71 Å². The topological polar surface area (TPSA) is 50.7 Å². The number of benzene rings is 3. The van der Waals surface area contributed by atoms with Crippen LogP contribution in [0.5, 0.6) is 5.75 Å². The standard InChI is InChI=1S/C23H19BrN2O2/c24-20-12-14-21(15-13-20)28-17-23(27)26-25-22(19-9-5-2-6-10-19)16-11-18-7-3-1-4-8-18/h1-16H,17H2,(H,26,27)/b16-11-,25-22?. The molecule has 0 aliphatic rings. The van der Waals surface area contributed by atoms with Gasteiger partial charge in [-0.1, -0.05) is 82.7 Å². The fourth-order valence-corrected chi connectivity index (χ4v) is 2.65. The summed E-state index contributed by atoms with van der Waals surface area (Å²) in [6, 6.07) is 26.9. The fourth-order valence-electron chi connectivity index (χ4n) is 2.38. The lowest BCUT2D eigenvalue weighted by Crippen LogP contribution is -2.25. The first kappa shape index (κ1) is 19.6. The summed E-state index contributed by atoms with van der Waals surface area (Å²) in [6.45, 7) is -0.115. The molecule has 0 radical (unpaired) electrons. The van der Waals surface area contributed by atoms with E-state index in [2.05, 4.69) is 26.5 Å². The van der Waals surface area contributed by atoms with Gasteiger partial charge in [0, 0.05) is 10.0 Å². The third kappa shape index (κ3) is 6.21. The minimum Gasteiger partial charge on any atom is -0.484 e. The summed E-state index contributed by atoms with van der Waals surface area (Å²) in [6.07, 6.45) is 3.83. The van der Waals surface area contributed by atoms with Gasteiger partial charge in [-0.3, -0.25) is 4.79 Å². The summed E-state index contributed by atoms with van der Waals surface area (Å²) in [5.41, 5.74) is 5.17. The van der Waals surface area contributed by atoms with E-state index in [0.29, 0.717) is 11.5 Å². The number of carbonyl (C=O) groups is 1. The Hall–Kier alpha value is -3.18. The van der Waals surface area contributed by atoms with Gasteiger partial charge in [0.1, 0.15) is 5.75 Å². The number of hydrogen-bond acceptors (Lipinski definition) is 3. The van der Waals surface area contributed by atoms with E-state index in [9.17, 15) is 4.79 Å². The quantitative estimate of drug-likeness (QED) is 0.417. The van der Waals surface area contributed by atoms with Crippen LogP contribution in [0.3, 0.4) is 0 Å². The molecule has 0 aromatic heterocycles. The van der Waals surface area contributed by atoms with Crippen molar-refractivity contribution in [2.45, 2.75) is 0 Å². The maximum atomic E-state index is 12.1. The van der Waals surface area contributed by atoms with E-state index in [1.807, 2.05) is 84.9 Å². The molecule has 0 atom stereocenters.